The first kappa shape index (κ1) is 19.8. The maximum atomic E-state index is 12.0. The Labute approximate surface area is 171 Å². The third-order valence-electron chi connectivity index (χ3n) is 4.03. The lowest BCUT2D eigenvalue weighted by molar-refractivity contribution is -0.115. The average Bonchev–Trinajstić information content (AvgIpc) is 3.04. The van der Waals surface area contributed by atoms with Gasteiger partial charge in [0.15, 0.2) is 5.58 Å². The molecule has 0 aliphatic heterocycles. The van der Waals surface area contributed by atoms with Crippen molar-refractivity contribution in [3.63, 3.8) is 0 Å². The number of oxazole rings is 1. The largest absolute Gasteiger partial charge is 0.495 e. The van der Waals surface area contributed by atoms with Crippen molar-refractivity contribution in [1.82, 2.24) is 4.98 Å². The van der Waals surface area contributed by atoms with Gasteiger partial charge in [0.1, 0.15) is 11.3 Å². The van der Waals surface area contributed by atoms with Gasteiger partial charge in [-0.05, 0) is 41.8 Å². The van der Waals surface area contributed by atoms with Crippen molar-refractivity contribution in [2.45, 2.75) is 23.6 Å². The monoisotopic (exact) mass is 426 g/mol. The van der Waals surface area contributed by atoms with E-state index in [1.807, 2.05) is 18.2 Å². The molecule has 0 unspecified atom stereocenters. The zero-order chi connectivity index (χ0) is 19.8. The molecule has 27 heavy (non-hydrogen) atoms. The van der Waals surface area contributed by atoms with E-state index >= 15 is 0 Å². The number of nitrogens with zero attached hydrogens (tertiary/aromatic N) is 1. The number of hydrogen-bond acceptors (Lipinski definition) is 4. The minimum atomic E-state index is -2.09. The van der Waals surface area contributed by atoms with Crippen LogP contribution in [0.4, 0.5) is 5.69 Å². The Morgan fingerprint density at radius 2 is 1.93 bits per heavy atom. The molecule has 3 rings (SSSR count). The van der Waals surface area contributed by atoms with Gasteiger partial charge in [-0.15, -0.1) is 0 Å². The molecule has 0 aliphatic carbocycles. The molecule has 0 spiro atoms. The molecule has 0 aliphatic rings. The lowest BCUT2D eigenvalue weighted by Gasteiger charge is -2.14. The third-order valence-corrected chi connectivity index (χ3v) is 4.55. The number of anilines is 1. The van der Waals surface area contributed by atoms with E-state index in [-0.39, 0.29) is 0 Å². The molecule has 0 bridgehead atoms. The summed E-state index contributed by atoms with van der Waals surface area (Å²) in [5.74, 6) is 0.430. The Balaban J connectivity index is 2.00. The summed E-state index contributed by atoms with van der Waals surface area (Å²) in [4.78, 5) is 16.5. The van der Waals surface area contributed by atoms with E-state index in [2.05, 4.69) is 24.1 Å². The molecule has 5 nitrogen and oxygen atoms in total. The predicted octanol–water partition coefficient (Wildman–Crippen LogP) is 5.94. The van der Waals surface area contributed by atoms with Gasteiger partial charge in [0.2, 0.25) is 5.89 Å². The van der Waals surface area contributed by atoms with Crippen molar-refractivity contribution in [3.8, 4) is 17.2 Å². The van der Waals surface area contributed by atoms with Gasteiger partial charge in [-0.2, -0.15) is 0 Å². The number of nitrogens with one attached hydrogen (secondary N) is 1. The highest BCUT2D eigenvalue weighted by molar-refractivity contribution is 6.76. The molecule has 2 aromatic carbocycles. The highest BCUT2D eigenvalue weighted by atomic mass is 35.6. The first-order valence-corrected chi connectivity index (χ1v) is 9.29. The van der Waals surface area contributed by atoms with Crippen LogP contribution in [0.15, 0.2) is 40.8 Å². The summed E-state index contributed by atoms with van der Waals surface area (Å²) in [7, 11) is 1.48. The van der Waals surface area contributed by atoms with E-state index in [4.69, 9.17) is 44.0 Å². The molecule has 8 heteroatoms. The highest BCUT2D eigenvalue weighted by Crippen LogP contribution is 2.34. The van der Waals surface area contributed by atoms with Crippen molar-refractivity contribution < 1.29 is 13.9 Å². The first-order valence-electron chi connectivity index (χ1n) is 8.16. The summed E-state index contributed by atoms with van der Waals surface area (Å²) in [5, 5.41) is 2.54. The smallest absolute Gasteiger partial charge is 0.276 e. The molecule has 0 radical (unpaired) electrons. The number of hydrogen-bond donors (Lipinski definition) is 1. The van der Waals surface area contributed by atoms with E-state index in [0.717, 1.165) is 5.52 Å². The van der Waals surface area contributed by atoms with Crippen LogP contribution >= 0.6 is 34.8 Å². The maximum absolute atomic E-state index is 12.0. The molecule has 1 amide bonds. The summed E-state index contributed by atoms with van der Waals surface area (Å²) < 4.78 is 9.01. The fourth-order valence-corrected chi connectivity index (χ4v) is 2.70. The van der Waals surface area contributed by atoms with Crippen LogP contribution in [-0.2, 0) is 4.79 Å². The van der Waals surface area contributed by atoms with Gasteiger partial charge in [-0.3, -0.25) is 4.79 Å². The van der Waals surface area contributed by atoms with Crippen LogP contribution in [-0.4, -0.2) is 21.8 Å². The minimum absolute atomic E-state index is 0.344. The van der Waals surface area contributed by atoms with E-state index in [0.29, 0.717) is 34.4 Å². The number of alkyl halides is 3. The van der Waals surface area contributed by atoms with Crippen molar-refractivity contribution in [1.29, 1.82) is 0 Å². The van der Waals surface area contributed by atoms with Crippen LogP contribution in [0.3, 0.4) is 0 Å². The van der Waals surface area contributed by atoms with Crippen molar-refractivity contribution in [3.05, 3.63) is 42.0 Å². The fraction of sp³-hybridized carbons (Fsp3) is 0.263. The van der Waals surface area contributed by atoms with Gasteiger partial charge >= 0.3 is 0 Å². The molecule has 1 aromatic heterocycles. The normalized spacial score (nSPS) is 11.8. The standard InChI is InChI=1S/C19H17Cl3N2O3/c1-10(2)11-4-7-16-14(8-11)23-17(27-16)12-5-6-15(26-3)13(9-12)24-18(25)19(20,21)22/h4-10H,1-3H3,(H,24,25). The Kier molecular flexibility index (Phi) is 5.56. The van der Waals surface area contributed by atoms with Crippen LogP contribution in [0.25, 0.3) is 22.6 Å². The van der Waals surface area contributed by atoms with E-state index in [1.54, 1.807) is 18.2 Å². The van der Waals surface area contributed by atoms with E-state index in [1.165, 1.54) is 12.7 Å². The molecule has 1 heterocycles. The number of aromatic nitrogens is 1. The number of rotatable bonds is 4. The number of carbonyl (C=O) groups excluding carboxylic acids is 1. The second-order valence-electron chi connectivity index (χ2n) is 6.27. The molecular weight excluding hydrogens is 411 g/mol. The zero-order valence-electron chi connectivity index (χ0n) is 14.8. The Bertz CT molecular complexity index is 994. The number of carbonyl (C=O) groups is 1. The zero-order valence-corrected chi connectivity index (χ0v) is 17.1. The molecule has 3 aromatic rings. The number of benzene rings is 2. The molecule has 1 N–H and O–H groups in total. The summed E-state index contributed by atoms with van der Waals surface area (Å²) in [6, 6.07) is 11.0. The number of amides is 1. The average molecular weight is 428 g/mol. The van der Waals surface area contributed by atoms with Gasteiger partial charge in [-0.25, -0.2) is 4.98 Å². The van der Waals surface area contributed by atoms with Crippen molar-refractivity contribution in [2.75, 3.05) is 12.4 Å². The quantitative estimate of drug-likeness (QED) is 0.524. The Hall–Kier alpha value is -1.95. The summed E-state index contributed by atoms with van der Waals surface area (Å²) in [6.45, 7) is 4.23. The van der Waals surface area contributed by atoms with Crippen LogP contribution in [0, 0.1) is 0 Å². The molecule has 0 atom stereocenters. The maximum Gasteiger partial charge on any atom is 0.276 e. The number of methoxy groups -OCH3 is 1. The summed E-state index contributed by atoms with van der Waals surface area (Å²) in [5.41, 5.74) is 3.61. The summed E-state index contributed by atoms with van der Waals surface area (Å²) >= 11 is 16.9. The topological polar surface area (TPSA) is 64.4 Å². The number of fused-ring (bicyclic) bond motifs is 1. The van der Waals surface area contributed by atoms with Gasteiger partial charge in [-0.1, -0.05) is 54.7 Å². The molecule has 0 saturated heterocycles. The van der Waals surface area contributed by atoms with Crippen LogP contribution < -0.4 is 10.1 Å². The van der Waals surface area contributed by atoms with E-state index < -0.39 is 9.70 Å². The summed E-state index contributed by atoms with van der Waals surface area (Å²) in [6.07, 6.45) is 0. The van der Waals surface area contributed by atoms with Crippen molar-refractivity contribution in [2.24, 2.45) is 0 Å². The van der Waals surface area contributed by atoms with Crippen LogP contribution in [0.1, 0.15) is 25.3 Å². The SMILES string of the molecule is COc1ccc(-c2nc3cc(C(C)C)ccc3o2)cc1NC(=O)C(Cl)(Cl)Cl. The molecular formula is C19H17Cl3N2O3. The van der Waals surface area contributed by atoms with E-state index in [9.17, 15) is 4.79 Å². The lowest BCUT2D eigenvalue weighted by atomic mass is 10.0. The second-order valence-corrected chi connectivity index (χ2v) is 8.55. The Morgan fingerprint density at radius 1 is 1.19 bits per heavy atom. The minimum Gasteiger partial charge on any atom is -0.495 e. The highest BCUT2D eigenvalue weighted by Gasteiger charge is 2.31. The second kappa shape index (κ2) is 7.58. The Morgan fingerprint density at radius 3 is 2.56 bits per heavy atom. The van der Waals surface area contributed by atoms with Gasteiger partial charge in [0.25, 0.3) is 9.70 Å². The molecule has 0 fully saturated rings. The van der Waals surface area contributed by atoms with Gasteiger partial charge < -0.3 is 14.5 Å². The lowest BCUT2D eigenvalue weighted by Crippen LogP contribution is -2.27. The molecule has 0 saturated carbocycles. The fourth-order valence-electron chi connectivity index (χ4n) is 2.56. The van der Waals surface area contributed by atoms with Gasteiger partial charge in [0, 0.05) is 5.56 Å². The van der Waals surface area contributed by atoms with Crippen LogP contribution in [0.5, 0.6) is 5.75 Å². The van der Waals surface area contributed by atoms with Crippen LogP contribution in [0.2, 0.25) is 0 Å². The predicted molar refractivity (Wildman–Crippen MR) is 109 cm³/mol. The van der Waals surface area contributed by atoms with Crippen molar-refractivity contribution >= 4 is 57.5 Å². The van der Waals surface area contributed by atoms with Gasteiger partial charge in [0.05, 0.1) is 12.8 Å². The molecule has 142 valence electrons. The third kappa shape index (κ3) is 4.32. The first-order chi connectivity index (χ1) is 12.7. The number of halogens is 3. The number of ether oxygens (including phenoxy) is 1.